The van der Waals surface area contributed by atoms with Gasteiger partial charge < -0.3 is 19.6 Å². The lowest BCUT2D eigenvalue weighted by Crippen LogP contribution is -2.15. The maximum absolute atomic E-state index is 12.2. The molecule has 0 fully saturated rings. The van der Waals surface area contributed by atoms with E-state index in [4.69, 9.17) is 14.3 Å². The molecule has 21 heavy (non-hydrogen) atoms. The van der Waals surface area contributed by atoms with Crippen molar-refractivity contribution in [2.75, 3.05) is 11.9 Å². The number of anilines is 1. The first kappa shape index (κ1) is 14.6. The van der Waals surface area contributed by atoms with Gasteiger partial charge in [-0.2, -0.15) is 0 Å². The molecule has 0 unspecified atom stereocenters. The van der Waals surface area contributed by atoms with Crippen molar-refractivity contribution in [3.63, 3.8) is 0 Å². The largest absolute Gasteiger partial charge is 0.480 e. The van der Waals surface area contributed by atoms with Crippen LogP contribution in [0.15, 0.2) is 41.0 Å². The molecule has 0 bridgehead atoms. The second kappa shape index (κ2) is 6.60. The summed E-state index contributed by atoms with van der Waals surface area (Å²) in [5.74, 6) is -0.516. The van der Waals surface area contributed by atoms with Crippen LogP contribution >= 0.6 is 0 Å². The molecule has 0 aliphatic carbocycles. The quantitative estimate of drug-likeness (QED) is 0.853. The van der Waals surface area contributed by atoms with E-state index in [0.717, 1.165) is 0 Å². The van der Waals surface area contributed by atoms with E-state index in [9.17, 15) is 9.59 Å². The number of rotatable bonds is 6. The van der Waals surface area contributed by atoms with Gasteiger partial charge in [0.2, 0.25) is 0 Å². The number of hydrogen-bond acceptors (Lipinski definition) is 4. The zero-order chi connectivity index (χ0) is 15.2. The molecule has 2 rings (SSSR count). The average molecular weight is 289 g/mol. The molecule has 0 aliphatic rings. The van der Waals surface area contributed by atoms with Gasteiger partial charge in [0.25, 0.3) is 5.91 Å². The highest BCUT2D eigenvalue weighted by Gasteiger charge is 2.15. The topological polar surface area (TPSA) is 88.8 Å². The second-order valence-corrected chi connectivity index (χ2v) is 4.24. The van der Waals surface area contributed by atoms with Crippen LogP contribution in [0.3, 0.4) is 0 Å². The Bertz CT molecular complexity index is 647. The highest BCUT2D eigenvalue weighted by atomic mass is 16.5. The van der Waals surface area contributed by atoms with Crippen LogP contribution in [-0.4, -0.2) is 23.6 Å². The fourth-order valence-corrected chi connectivity index (χ4v) is 1.84. The Balaban J connectivity index is 2.15. The van der Waals surface area contributed by atoms with Crippen LogP contribution in [0.5, 0.6) is 5.75 Å². The Morgan fingerprint density at radius 2 is 2.05 bits per heavy atom. The summed E-state index contributed by atoms with van der Waals surface area (Å²) in [6, 6.07) is 8.24. The van der Waals surface area contributed by atoms with Gasteiger partial charge in [-0.25, -0.2) is 4.79 Å². The van der Waals surface area contributed by atoms with E-state index < -0.39 is 12.6 Å². The molecular formula is C15H15NO5. The fourth-order valence-electron chi connectivity index (χ4n) is 1.84. The fraction of sp³-hybridized carbons (Fsp3) is 0.200. The van der Waals surface area contributed by atoms with Gasteiger partial charge in [-0.1, -0.05) is 19.1 Å². The van der Waals surface area contributed by atoms with Crippen molar-refractivity contribution in [1.29, 1.82) is 0 Å². The van der Waals surface area contributed by atoms with Gasteiger partial charge in [-0.15, -0.1) is 0 Å². The minimum atomic E-state index is -1.08. The molecule has 2 N–H and O–H groups in total. The minimum absolute atomic E-state index is 0.301. The van der Waals surface area contributed by atoms with Crippen LogP contribution < -0.4 is 10.1 Å². The molecule has 1 aromatic carbocycles. The first-order chi connectivity index (χ1) is 10.1. The van der Waals surface area contributed by atoms with Crippen molar-refractivity contribution in [3.05, 3.63) is 47.9 Å². The van der Waals surface area contributed by atoms with E-state index in [-0.39, 0.29) is 5.91 Å². The monoisotopic (exact) mass is 289 g/mol. The number of furan rings is 1. The zero-order valence-electron chi connectivity index (χ0n) is 11.5. The summed E-state index contributed by atoms with van der Waals surface area (Å²) in [6.45, 7) is 1.42. The predicted molar refractivity (Wildman–Crippen MR) is 75.6 cm³/mol. The van der Waals surface area contributed by atoms with Crippen molar-refractivity contribution in [3.8, 4) is 5.75 Å². The predicted octanol–water partition coefficient (Wildman–Crippen LogP) is 2.56. The molecular weight excluding hydrogens is 274 g/mol. The zero-order valence-corrected chi connectivity index (χ0v) is 11.5. The number of carbonyl (C=O) groups is 2. The summed E-state index contributed by atoms with van der Waals surface area (Å²) in [6.07, 6.45) is 2.06. The molecule has 0 saturated carbocycles. The van der Waals surface area contributed by atoms with E-state index in [1.54, 1.807) is 30.3 Å². The standard InChI is InChI=1S/C15H15NO5/c1-2-12-10(7-8-20-12)15(19)16-11-5-3-4-6-13(11)21-9-14(17)18/h3-8H,2,9H2,1H3,(H,16,19)(H,17,18). The van der Waals surface area contributed by atoms with E-state index >= 15 is 0 Å². The van der Waals surface area contributed by atoms with Gasteiger partial charge >= 0.3 is 5.97 Å². The number of amides is 1. The molecule has 6 nitrogen and oxygen atoms in total. The summed E-state index contributed by atoms with van der Waals surface area (Å²) in [7, 11) is 0. The number of benzene rings is 1. The smallest absolute Gasteiger partial charge is 0.341 e. The summed E-state index contributed by atoms with van der Waals surface area (Å²) in [5.41, 5.74) is 0.859. The number of carbonyl (C=O) groups excluding carboxylic acids is 1. The van der Waals surface area contributed by atoms with Crippen molar-refractivity contribution < 1.29 is 23.8 Å². The highest BCUT2D eigenvalue weighted by Crippen LogP contribution is 2.25. The number of carboxylic acid groups (broad SMARTS) is 1. The number of nitrogens with one attached hydrogen (secondary N) is 1. The minimum Gasteiger partial charge on any atom is -0.480 e. The Morgan fingerprint density at radius 1 is 1.29 bits per heavy atom. The van der Waals surface area contributed by atoms with E-state index in [2.05, 4.69) is 5.32 Å². The molecule has 0 radical (unpaired) electrons. The Labute approximate surface area is 121 Å². The molecule has 6 heteroatoms. The number of aliphatic carboxylic acids is 1. The van der Waals surface area contributed by atoms with Crippen molar-refractivity contribution >= 4 is 17.6 Å². The van der Waals surface area contributed by atoms with Crippen molar-refractivity contribution in [2.45, 2.75) is 13.3 Å². The summed E-state index contributed by atoms with van der Waals surface area (Å²) >= 11 is 0. The molecule has 0 aliphatic heterocycles. The van der Waals surface area contributed by atoms with Gasteiger partial charge in [0.1, 0.15) is 11.5 Å². The number of ether oxygens (including phenoxy) is 1. The lowest BCUT2D eigenvalue weighted by atomic mass is 10.2. The van der Waals surface area contributed by atoms with Crippen LogP contribution in [0.25, 0.3) is 0 Å². The summed E-state index contributed by atoms with van der Waals surface area (Å²) in [5, 5.41) is 11.3. The van der Waals surface area contributed by atoms with Crippen LogP contribution in [0, 0.1) is 0 Å². The summed E-state index contributed by atoms with van der Waals surface area (Å²) in [4.78, 5) is 22.8. The highest BCUT2D eigenvalue weighted by molar-refractivity contribution is 6.05. The normalized spacial score (nSPS) is 10.1. The second-order valence-electron chi connectivity index (χ2n) is 4.24. The van der Waals surface area contributed by atoms with E-state index in [1.807, 2.05) is 6.92 Å². The molecule has 110 valence electrons. The Hall–Kier alpha value is -2.76. The average Bonchev–Trinajstić information content (AvgIpc) is 2.94. The number of aryl methyl sites for hydroxylation is 1. The molecule has 0 saturated heterocycles. The number of hydrogen-bond donors (Lipinski definition) is 2. The third kappa shape index (κ3) is 3.62. The maximum atomic E-state index is 12.2. The molecule has 0 spiro atoms. The van der Waals surface area contributed by atoms with Gasteiger partial charge in [0.15, 0.2) is 6.61 Å². The van der Waals surface area contributed by atoms with Crippen molar-refractivity contribution in [2.24, 2.45) is 0 Å². The van der Waals surface area contributed by atoms with Crippen LogP contribution in [0.4, 0.5) is 5.69 Å². The summed E-state index contributed by atoms with van der Waals surface area (Å²) < 4.78 is 10.3. The SMILES string of the molecule is CCc1occc1C(=O)Nc1ccccc1OCC(=O)O. The third-order valence-electron chi connectivity index (χ3n) is 2.80. The molecule has 1 amide bonds. The first-order valence-corrected chi connectivity index (χ1v) is 6.43. The lowest BCUT2D eigenvalue weighted by Gasteiger charge is -2.11. The number of para-hydroxylation sites is 2. The van der Waals surface area contributed by atoms with Gasteiger partial charge in [-0.3, -0.25) is 4.79 Å². The lowest BCUT2D eigenvalue weighted by molar-refractivity contribution is -0.139. The Kier molecular flexibility index (Phi) is 4.61. The first-order valence-electron chi connectivity index (χ1n) is 6.43. The van der Waals surface area contributed by atoms with Gasteiger partial charge in [-0.05, 0) is 18.2 Å². The van der Waals surface area contributed by atoms with E-state index in [1.165, 1.54) is 6.26 Å². The number of carboxylic acids is 1. The molecule has 1 aromatic heterocycles. The van der Waals surface area contributed by atoms with Crippen molar-refractivity contribution in [1.82, 2.24) is 0 Å². The van der Waals surface area contributed by atoms with Gasteiger partial charge in [0, 0.05) is 6.42 Å². The third-order valence-corrected chi connectivity index (χ3v) is 2.80. The van der Waals surface area contributed by atoms with Crippen LogP contribution in [0.2, 0.25) is 0 Å². The maximum Gasteiger partial charge on any atom is 0.341 e. The van der Waals surface area contributed by atoms with Gasteiger partial charge in [0.05, 0.1) is 17.5 Å². The van der Waals surface area contributed by atoms with Crippen LogP contribution in [0.1, 0.15) is 23.0 Å². The Morgan fingerprint density at radius 3 is 2.76 bits per heavy atom. The van der Waals surface area contributed by atoms with Crippen LogP contribution in [-0.2, 0) is 11.2 Å². The molecule has 1 heterocycles. The molecule has 0 atom stereocenters. The molecule has 2 aromatic rings. The van der Waals surface area contributed by atoms with E-state index in [0.29, 0.717) is 29.2 Å².